The van der Waals surface area contributed by atoms with Gasteiger partial charge in [-0.3, -0.25) is 4.79 Å². The Bertz CT molecular complexity index is 1010. The van der Waals surface area contributed by atoms with Crippen molar-refractivity contribution in [1.82, 2.24) is 0 Å². The van der Waals surface area contributed by atoms with E-state index in [2.05, 4.69) is 16.7 Å². The first-order valence-corrected chi connectivity index (χ1v) is 8.52. The Balaban J connectivity index is 1.90. The van der Waals surface area contributed by atoms with Crippen LogP contribution in [-0.2, 0) is 0 Å². The minimum Gasteiger partial charge on any atom is -0.478 e. The molecule has 0 saturated heterocycles. The summed E-state index contributed by atoms with van der Waals surface area (Å²) < 4.78 is 0. The Morgan fingerprint density at radius 3 is 2.07 bits per heavy atom. The van der Waals surface area contributed by atoms with E-state index >= 15 is 0 Å². The number of benzene rings is 3. The van der Waals surface area contributed by atoms with Crippen LogP contribution in [0.3, 0.4) is 0 Å². The van der Waals surface area contributed by atoms with Crippen LogP contribution in [0.15, 0.2) is 66.7 Å². The third-order valence-electron chi connectivity index (χ3n) is 4.23. The van der Waals surface area contributed by atoms with Crippen LogP contribution < -0.4 is 10.6 Å². The van der Waals surface area contributed by atoms with Gasteiger partial charge in [-0.2, -0.15) is 0 Å². The highest BCUT2D eigenvalue weighted by molar-refractivity contribution is 6.10. The minimum atomic E-state index is -1.09. The number of carbonyl (C=O) groups excluding carboxylic acids is 1. The highest BCUT2D eigenvalue weighted by Gasteiger charge is 2.16. The highest BCUT2D eigenvalue weighted by atomic mass is 16.4. The van der Waals surface area contributed by atoms with E-state index in [9.17, 15) is 14.7 Å². The van der Waals surface area contributed by atoms with E-state index in [-0.39, 0.29) is 17.2 Å². The Morgan fingerprint density at radius 2 is 1.41 bits per heavy atom. The molecule has 1 amide bonds. The van der Waals surface area contributed by atoms with E-state index in [0.29, 0.717) is 11.3 Å². The molecule has 3 rings (SSSR count). The molecular formula is C22H20N2O3. The first kappa shape index (κ1) is 18.2. The molecule has 0 bridgehead atoms. The smallest absolute Gasteiger partial charge is 0.337 e. The molecule has 0 unspecified atom stereocenters. The van der Waals surface area contributed by atoms with Crippen molar-refractivity contribution in [1.29, 1.82) is 0 Å². The van der Waals surface area contributed by atoms with Crippen LogP contribution in [0.2, 0.25) is 0 Å². The van der Waals surface area contributed by atoms with E-state index in [0.717, 1.165) is 16.8 Å². The Kier molecular flexibility index (Phi) is 5.22. The maximum atomic E-state index is 12.8. The Hall–Kier alpha value is -3.60. The number of nitrogens with one attached hydrogen (secondary N) is 2. The van der Waals surface area contributed by atoms with Gasteiger partial charge in [-0.05, 0) is 49.7 Å². The number of amides is 1. The Morgan fingerprint density at radius 1 is 0.778 bits per heavy atom. The van der Waals surface area contributed by atoms with Crippen LogP contribution in [0.4, 0.5) is 17.1 Å². The summed E-state index contributed by atoms with van der Waals surface area (Å²) in [7, 11) is 0. The summed E-state index contributed by atoms with van der Waals surface area (Å²) in [5, 5.41) is 15.3. The molecule has 136 valence electrons. The van der Waals surface area contributed by atoms with Gasteiger partial charge >= 0.3 is 5.97 Å². The van der Waals surface area contributed by atoms with Crippen LogP contribution in [0, 0.1) is 13.8 Å². The number of carbonyl (C=O) groups is 2. The van der Waals surface area contributed by atoms with Gasteiger partial charge in [0.2, 0.25) is 0 Å². The molecule has 0 fully saturated rings. The van der Waals surface area contributed by atoms with Crippen LogP contribution in [0.5, 0.6) is 0 Å². The van der Waals surface area contributed by atoms with Crippen LogP contribution in [0.25, 0.3) is 0 Å². The lowest BCUT2D eigenvalue weighted by molar-refractivity contribution is 0.0698. The van der Waals surface area contributed by atoms with Crippen molar-refractivity contribution in [3.05, 3.63) is 89.0 Å². The molecule has 3 aromatic carbocycles. The lowest BCUT2D eigenvalue weighted by Gasteiger charge is -2.15. The van der Waals surface area contributed by atoms with Gasteiger partial charge in [0.1, 0.15) is 0 Å². The van der Waals surface area contributed by atoms with E-state index in [1.165, 1.54) is 6.07 Å². The van der Waals surface area contributed by atoms with Gasteiger partial charge in [0.05, 0.1) is 22.5 Å². The number of hydrogen-bond donors (Lipinski definition) is 3. The molecule has 0 heterocycles. The predicted molar refractivity (Wildman–Crippen MR) is 107 cm³/mol. The highest BCUT2D eigenvalue weighted by Crippen LogP contribution is 2.25. The molecular weight excluding hydrogens is 340 g/mol. The normalized spacial score (nSPS) is 10.3. The third kappa shape index (κ3) is 4.15. The number of carboxylic acid groups (broad SMARTS) is 1. The van der Waals surface area contributed by atoms with Crippen molar-refractivity contribution in [3.8, 4) is 0 Å². The molecule has 5 nitrogen and oxygen atoms in total. The zero-order valence-corrected chi connectivity index (χ0v) is 15.1. The summed E-state index contributed by atoms with van der Waals surface area (Å²) >= 11 is 0. The van der Waals surface area contributed by atoms with Gasteiger partial charge in [-0.1, -0.05) is 42.0 Å². The largest absolute Gasteiger partial charge is 0.478 e. The summed E-state index contributed by atoms with van der Waals surface area (Å²) in [4.78, 5) is 24.1. The molecule has 3 N–H and O–H groups in total. The molecule has 5 heteroatoms. The van der Waals surface area contributed by atoms with Crippen LogP contribution in [-0.4, -0.2) is 17.0 Å². The molecule has 0 aliphatic carbocycles. The molecule has 27 heavy (non-hydrogen) atoms. The molecule has 0 aromatic heterocycles. The monoisotopic (exact) mass is 360 g/mol. The summed E-state index contributed by atoms with van der Waals surface area (Å²) in [5.74, 6) is -1.47. The van der Waals surface area contributed by atoms with Crippen molar-refractivity contribution >= 4 is 28.9 Å². The number of aryl methyl sites for hydroxylation is 2. The number of aromatic carboxylic acids is 1. The topological polar surface area (TPSA) is 78.4 Å². The molecule has 3 aromatic rings. The number of para-hydroxylation sites is 2. The summed E-state index contributed by atoms with van der Waals surface area (Å²) in [6.45, 7) is 4.03. The molecule has 0 spiro atoms. The van der Waals surface area contributed by atoms with E-state index in [4.69, 9.17) is 0 Å². The summed E-state index contributed by atoms with van der Waals surface area (Å²) in [6, 6.07) is 19.5. The zero-order chi connectivity index (χ0) is 19.4. The second kappa shape index (κ2) is 7.74. The fourth-order valence-electron chi connectivity index (χ4n) is 2.86. The van der Waals surface area contributed by atoms with Crippen LogP contribution >= 0.6 is 0 Å². The average molecular weight is 360 g/mol. The van der Waals surface area contributed by atoms with Gasteiger partial charge in [0, 0.05) is 5.69 Å². The fraction of sp³-hybridized carbons (Fsp3) is 0.0909. The van der Waals surface area contributed by atoms with Gasteiger partial charge in [-0.25, -0.2) is 4.79 Å². The first-order valence-electron chi connectivity index (χ1n) is 8.52. The lowest BCUT2D eigenvalue weighted by Crippen LogP contribution is -2.16. The maximum Gasteiger partial charge on any atom is 0.337 e. The maximum absolute atomic E-state index is 12.8. The molecule has 0 aliphatic rings. The standard InChI is InChI=1S/C22H20N2O3/c1-14-11-12-18(15(2)13-14)23-19-9-5-3-7-16(19)21(25)24-20-10-6-4-8-17(20)22(26)27/h3-13,23H,1-2H3,(H,24,25)(H,26,27). The molecule has 0 radical (unpaired) electrons. The van der Waals surface area contributed by atoms with Gasteiger partial charge < -0.3 is 15.7 Å². The van der Waals surface area contributed by atoms with Gasteiger partial charge in [0.25, 0.3) is 5.91 Å². The minimum absolute atomic E-state index is 0.0469. The SMILES string of the molecule is Cc1ccc(Nc2ccccc2C(=O)Nc2ccccc2C(=O)O)c(C)c1. The predicted octanol–water partition coefficient (Wildman–Crippen LogP) is 5.00. The summed E-state index contributed by atoms with van der Waals surface area (Å²) in [6.07, 6.45) is 0. The molecule has 0 saturated carbocycles. The number of hydrogen-bond acceptors (Lipinski definition) is 3. The second-order valence-electron chi connectivity index (χ2n) is 6.29. The van der Waals surface area contributed by atoms with Crippen molar-refractivity contribution in [2.75, 3.05) is 10.6 Å². The first-order chi connectivity index (χ1) is 13.0. The zero-order valence-electron chi connectivity index (χ0n) is 15.1. The Labute approximate surface area is 157 Å². The lowest BCUT2D eigenvalue weighted by atomic mass is 10.1. The van der Waals surface area contributed by atoms with Crippen molar-refractivity contribution in [2.45, 2.75) is 13.8 Å². The van der Waals surface area contributed by atoms with Crippen molar-refractivity contribution in [3.63, 3.8) is 0 Å². The van der Waals surface area contributed by atoms with Gasteiger partial charge in [0.15, 0.2) is 0 Å². The van der Waals surface area contributed by atoms with Crippen molar-refractivity contribution in [2.24, 2.45) is 0 Å². The second-order valence-corrected chi connectivity index (χ2v) is 6.29. The number of rotatable bonds is 5. The quantitative estimate of drug-likeness (QED) is 0.598. The third-order valence-corrected chi connectivity index (χ3v) is 4.23. The average Bonchev–Trinajstić information content (AvgIpc) is 2.64. The fourth-order valence-corrected chi connectivity index (χ4v) is 2.86. The van der Waals surface area contributed by atoms with Crippen LogP contribution in [0.1, 0.15) is 31.8 Å². The molecule has 0 atom stereocenters. The van der Waals surface area contributed by atoms with E-state index < -0.39 is 5.97 Å². The molecule has 0 aliphatic heterocycles. The summed E-state index contributed by atoms with van der Waals surface area (Å²) in [5.41, 5.74) is 4.52. The van der Waals surface area contributed by atoms with E-state index in [1.807, 2.05) is 38.1 Å². The van der Waals surface area contributed by atoms with E-state index in [1.54, 1.807) is 30.3 Å². The number of carboxylic acids is 1. The number of anilines is 3. The van der Waals surface area contributed by atoms with Crippen molar-refractivity contribution < 1.29 is 14.7 Å². The van der Waals surface area contributed by atoms with Gasteiger partial charge in [-0.15, -0.1) is 0 Å².